The van der Waals surface area contributed by atoms with Crippen LogP contribution in [-0.2, 0) is 4.79 Å². The molecule has 2 atom stereocenters. The van der Waals surface area contributed by atoms with Crippen LogP contribution in [0.4, 0.5) is 0 Å². The van der Waals surface area contributed by atoms with Gasteiger partial charge in [-0.05, 0) is 12.5 Å². The summed E-state index contributed by atoms with van der Waals surface area (Å²) in [5, 5.41) is 0. The lowest BCUT2D eigenvalue weighted by Gasteiger charge is -1.95. The van der Waals surface area contributed by atoms with E-state index in [0.29, 0.717) is 0 Å². The Kier molecular flexibility index (Phi) is 1.19. The van der Waals surface area contributed by atoms with Crippen LogP contribution in [0, 0.1) is 11.8 Å². The number of rotatable bonds is 0. The number of carbonyl (C=O) groups is 1. The van der Waals surface area contributed by atoms with Crippen molar-refractivity contribution in [2.24, 2.45) is 11.8 Å². The molecular weight excluding hydrogens is 171 g/mol. The molecule has 0 radical (unpaired) electrons. The monoisotopic (exact) mass is 176 g/mol. The van der Waals surface area contributed by atoms with Crippen LogP contribution in [0.2, 0.25) is 0 Å². The minimum atomic E-state index is -0.749. The molecule has 1 saturated carbocycles. The molecule has 0 aromatic rings. The number of hydrogen-bond donors (Lipinski definition) is 0. The van der Waals surface area contributed by atoms with Gasteiger partial charge in [0.25, 0.3) is 0 Å². The van der Waals surface area contributed by atoms with E-state index in [9.17, 15) is 4.79 Å². The van der Waals surface area contributed by atoms with E-state index >= 15 is 0 Å². The summed E-state index contributed by atoms with van der Waals surface area (Å²) in [6.45, 7) is 0. The summed E-state index contributed by atoms with van der Waals surface area (Å²) in [5.74, 6) is 0.162. The van der Waals surface area contributed by atoms with Crippen LogP contribution in [0.5, 0.6) is 0 Å². The van der Waals surface area contributed by atoms with Crippen molar-refractivity contribution >= 4 is 29.0 Å². The normalized spacial score (nSPS) is 41.2. The average molecular weight is 177 g/mol. The zero-order chi connectivity index (χ0) is 7.35. The molecule has 2 unspecified atom stereocenters. The molecular formula is C7H6Cl2O. The number of alkyl halides is 2. The Bertz CT molecular complexity index is 220. The standard InChI is InChI=1S/C7H6Cl2O/c8-7(9)4-2-1-3-5(10)6(4)7/h1,3-4,6H,2H2. The van der Waals surface area contributed by atoms with Crippen molar-refractivity contribution in [3.05, 3.63) is 12.2 Å². The fourth-order valence-electron chi connectivity index (χ4n) is 1.51. The first-order chi connectivity index (χ1) is 4.64. The first-order valence-electron chi connectivity index (χ1n) is 3.22. The Balaban J connectivity index is 2.27. The number of hydrogen-bond acceptors (Lipinski definition) is 1. The lowest BCUT2D eigenvalue weighted by atomic mass is 10.1. The van der Waals surface area contributed by atoms with E-state index in [-0.39, 0.29) is 17.6 Å². The zero-order valence-corrected chi connectivity index (χ0v) is 6.69. The van der Waals surface area contributed by atoms with Crippen molar-refractivity contribution in [3.63, 3.8) is 0 Å². The van der Waals surface area contributed by atoms with Crippen LogP contribution in [0.1, 0.15) is 6.42 Å². The van der Waals surface area contributed by atoms with E-state index in [2.05, 4.69) is 0 Å². The summed E-state index contributed by atoms with van der Waals surface area (Å²) in [5.41, 5.74) is 0. The third-order valence-electron chi connectivity index (χ3n) is 2.18. The van der Waals surface area contributed by atoms with Gasteiger partial charge in [0.1, 0.15) is 4.33 Å². The maximum absolute atomic E-state index is 11.0. The molecule has 0 amide bonds. The van der Waals surface area contributed by atoms with Gasteiger partial charge in [0.2, 0.25) is 0 Å². The van der Waals surface area contributed by atoms with Gasteiger partial charge < -0.3 is 0 Å². The van der Waals surface area contributed by atoms with Gasteiger partial charge in [0.15, 0.2) is 5.78 Å². The van der Waals surface area contributed by atoms with Crippen molar-refractivity contribution in [2.75, 3.05) is 0 Å². The molecule has 0 saturated heterocycles. The minimum Gasteiger partial charge on any atom is -0.294 e. The van der Waals surface area contributed by atoms with Gasteiger partial charge >= 0.3 is 0 Å². The Morgan fingerprint density at radius 2 is 2.30 bits per heavy atom. The highest BCUT2D eigenvalue weighted by Gasteiger charge is 2.66. The van der Waals surface area contributed by atoms with E-state index in [4.69, 9.17) is 23.2 Å². The lowest BCUT2D eigenvalue weighted by Crippen LogP contribution is -2.03. The van der Waals surface area contributed by atoms with Crippen molar-refractivity contribution < 1.29 is 4.79 Å². The van der Waals surface area contributed by atoms with Crippen molar-refractivity contribution in [1.29, 1.82) is 0 Å². The summed E-state index contributed by atoms with van der Waals surface area (Å²) in [4.78, 5) is 11.0. The van der Waals surface area contributed by atoms with Crippen molar-refractivity contribution in [2.45, 2.75) is 10.8 Å². The van der Waals surface area contributed by atoms with Crippen LogP contribution >= 0.6 is 23.2 Å². The maximum atomic E-state index is 11.0. The summed E-state index contributed by atoms with van der Waals surface area (Å²) in [7, 11) is 0. The molecule has 1 fully saturated rings. The van der Waals surface area contributed by atoms with Crippen molar-refractivity contribution in [1.82, 2.24) is 0 Å². The molecule has 2 aliphatic carbocycles. The first-order valence-corrected chi connectivity index (χ1v) is 3.98. The molecule has 0 bridgehead atoms. The predicted molar refractivity (Wildman–Crippen MR) is 40.2 cm³/mol. The number of carbonyl (C=O) groups excluding carboxylic acids is 1. The molecule has 0 N–H and O–H groups in total. The Hall–Kier alpha value is -0.0100. The molecule has 0 aromatic heterocycles. The zero-order valence-electron chi connectivity index (χ0n) is 5.18. The molecule has 10 heavy (non-hydrogen) atoms. The summed E-state index contributed by atoms with van der Waals surface area (Å²) in [6.07, 6.45) is 4.27. The molecule has 1 nitrogen and oxygen atoms in total. The Morgan fingerprint density at radius 1 is 1.60 bits per heavy atom. The summed E-state index contributed by atoms with van der Waals surface area (Å²) >= 11 is 11.6. The van der Waals surface area contributed by atoms with Gasteiger partial charge in [0, 0.05) is 5.92 Å². The number of allylic oxidation sites excluding steroid dienone is 2. The van der Waals surface area contributed by atoms with E-state index in [1.165, 1.54) is 0 Å². The van der Waals surface area contributed by atoms with Gasteiger partial charge in [-0.15, -0.1) is 23.2 Å². The third-order valence-corrected chi connectivity index (χ3v) is 3.21. The Morgan fingerprint density at radius 3 is 2.80 bits per heavy atom. The molecule has 0 heterocycles. The van der Waals surface area contributed by atoms with Gasteiger partial charge in [-0.2, -0.15) is 0 Å². The topological polar surface area (TPSA) is 17.1 Å². The largest absolute Gasteiger partial charge is 0.294 e. The summed E-state index contributed by atoms with van der Waals surface area (Å²) < 4.78 is -0.749. The lowest BCUT2D eigenvalue weighted by molar-refractivity contribution is -0.116. The molecule has 54 valence electrons. The smallest absolute Gasteiger partial charge is 0.161 e. The number of ketones is 1. The molecule has 0 aromatic carbocycles. The third kappa shape index (κ3) is 0.678. The van der Waals surface area contributed by atoms with Crippen molar-refractivity contribution in [3.8, 4) is 0 Å². The van der Waals surface area contributed by atoms with Crippen LogP contribution in [0.3, 0.4) is 0 Å². The van der Waals surface area contributed by atoms with Crippen LogP contribution in [0.15, 0.2) is 12.2 Å². The first kappa shape index (κ1) is 6.68. The fraction of sp³-hybridized carbons (Fsp3) is 0.571. The van der Waals surface area contributed by atoms with Crippen LogP contribution < -0.4 is 0 Å². The van der Waals surface area contributed by atoms with E-state index < -0.39 is 4.33 Å². The fourth-order valence-corrected chi connectivity index (χ4v) is 2.33. The predicted octanol–water partition coefficient (Wildman–Crippen LogP) is 1.94. The summed E-state index contributed by atoms with van der Waals surface area (Å²) in [6, 6.07) is 0. The van der Waals surface area contributed by atoms with Gasteiger partial charge in [-0.3, -0.25) is 4.79 Å². The average Bonchev–Trinajstić information content (AvgIpc) is 2.38. The molecule has 3 heteroatoms. The minimum absolute atomic E-state index is 0.0845. The molecule has 2 rings (SSSR count). The van der Waals surface area contributed by atoms with Gasteiger partial charge in [-0.1, -0.05) is 6.08 Å². The highest BCUT2D eigenvalue weighted by atomic mass is 35.5. The van der Waals surface area contributed by atoms with E-state index in [0.717, 1.165) is 6.42 Å². The molecule has 2 aliphatic rings. The van der Waals surface area contributed by atoms with Crippen LogP contribution in [-0.4, -0.2) is 10.1 Å². The van der Waals surface area contributed by atoms with Gasteiger partial charge in [0.05, 0.1) is 5.92 Å². The quantitative estimate of drug-likeness (QED) is 0.516. The Labute approximate surface area is 69.0 Å². The van der Waals surface area contributed by atoms with E-state index in [1.54, 1.807) is 6.08 Å². The van der Waals surface area contributed by atoms with Gasteiger partial charge in [-0.25, -0.2) is 0 Å². The highest BCUT2D eigenvalue weighted by Crippen LogP contribution is 2.62. The second-order valence-corrected chi connectivity index (χ2v) is 4.24. The second-order valence-electron chi connectivity index (χ2n) is 2.80. The number of fused-ring (bicyclic) bond motifs is 1. The van der Waals surface area contributed by atoms with E-state index in [1.807, 2.05) is 6.08 Å². The highest BCUT2D eigenvalue weighted by molar-refractivity contribution is 6.53. The SMILES string of the molecule is O=C1C=CCC2C1C2(Cl)Cl. The maximum Gasteiger partial charge on any atom is 0.161 e. The number of halogens is 2. The second kappa shape index (κ2) is 1.77. The van der Waals surface area contributed by atoms with Crippen LogP contribution in [0.25, 0.3) is 0 Å². The molecule has 0 spiro atoms. The molecule has 0 aliphatic heterocycles.